The van der Waals surface area contributed by atoms with Crippen LogP contribution in [0.15, 0.2) is 24.3 Å². The molecule has 0 aromatic heterocycles. The van der Waals surface area contributed by atoms with Gasteiger partial charge in [0.25, 0.3) is 0 Å². The fourth-order valence-corrected chi connectivity index (χ4v) is 1.75. The molecular formula is C15H21NO. The fraction of sp³-hybridized carbons (Fsp3) is 0.533. The summed E-state index contributed by atoms with van der Waals surface area (Å²) < 4.78 is 0. The largest absolute Gasteiger partial charge is 0.326 e. The van der Waals surface area contributed by atoms with Crippen LogP contribution in [0.4, 0.5) is 5.69 Å². The molecule has 0 bridgehead atoms. The van der Waals surface area contributed by atoms with Gasteiger partial charge in [-0.3, -0.25) is 4.79 Å². The minimum Gasteiger partial charge on any atom is -0.326 e. The first-order valence-corrected chi connectivity index (χ1v) is 6.23. The summed E-state index contributed by atoms with van der Waals surface area (Å²) in [6.45, 7) is 8.58. The number of carbonyl (C=O) groups is 1. The Balaban J connectivity index is 2.06. The van der Waals surface area contributed by atoms with Crippen LogP contribution in [0.3, 0.4) is 0 Å². The van der Waals surface area contributed by atoms with Gasteiger partial charge in [-0.25, -0.2) is 0 Å². The van der Waals surface area contributed by atoms with Crippen molar-refractivity contribution < 1.29 is 4.79 Å². The molecule has 1 amide bonds. The highest BCUT2D eigenvalue weighted by Gasteiger charge is 2.44. The standard InChI is InChI=1S/C15H21NO/c1-14(2,3)11-5-7-12(8-6-11)16-13(17)15(4)9-10-15/h5-8H,9-10H2,1-4H3,(H,16,17). The molecular weight excluding hydrogens is 210 g/mol. The second-order valence-electron chi connectivity index (χ2n) is 6.34. The predicted molar refractivity (Wildman–Crippen MR) is 71.1 cm³/mol. The Hall–Kier alpha value is -1.31. The zero-order valence-electron chi connectivity index (χ0n) is 11.1. The third-order valence-electron chi connectivity index (χ3n) is 3.56. The quantitative estimate of drug-likeness (QED) is 0.825. The fourth-order valence-electron chi connectivity index (χ4n) is 1.75. The number of anilines is 1. The van der Waals surface area contributed by atoms with Crippen molar-refractivity contribution in [1.29, 1.82) is 0 Å². The molecule has 2 heteroatoms. The molecule has 0 heterocycles. The first kappa shape index (κ1) is 12.2. The number of hydrogen-bond acceptors (Lipinski definition) is 1. The number of hydrogen-bond donors (Lipinski definition) is 1. The first-order valence-electron chi connectivity index (χ1n) is 6.23. The lowest BCUT2D eigenvalue weighted by molar-refractivity contribution is -0.120. The molecule has 0 spiro atoms. The highest BCUT2D eigenvalue weighted by Crippen LogP contribution is 2.45. The zero-order chi connectivity index (χ0) is 12.7. The summed E-state index contributed by atoms with van der Waals surface area (Å²) in [6.07, 6.45) is 2.03. The highest BCUT2D eigenvalue weighted by atomic mass is 16.2. The van der Waals surface area contributed by atoms with E-state index in [1.54, 1.807) is 0 Å². The van der Waals surface area contributed by atoms with Gasteiger partial charge in [0.05, 0.1) is 0 Å². The molecule has 2 rings (SSSR count). The van der Waals surface area contributed by atoms with Gasteiger partial charge >= 0.3 is 0 Å². The van der Waals surface area contributed by atoms with Crippen LogP contribution in [-0.2, 0) is 10.2 Å². The molecule has 1 saturated carbocycles. The summed E-state index contributed by atoms with van der Waals surface area (Å²) in [6, 6.07) is 8.16. The average molecular weight is 231 g/mol. The number of amides is 1. The van der Waals surface area contributed by atoms with Crippen LogP contribution in [0.1, 0.15) is 46.1 Å². The van der Waals surface area contributed by atoms with Crippen LogP contribution in [-0.4, -0.2) is 5.91 Å². The molecule has 0 unspecified atom stereocenters. The third kappa shape index (κ3) is 2.68. The van der Waals surface area contributed by atoms with Crippen molar-refractivity contribution in [1.82, 2.24) is 0 Å². The van der Waals surface area contributed by atoms with E-state index in [9.17, 15) is 4.79 Å². The van der Waals surface area contributed by atoms with Gasteiger partial charge in [-0.05, 0) is 36.0 Å². The normalized spacial score (nSPS) is 17.6. The molecule has 1 N–H and O–H groups in total. The Labute approximate surface area is 103 Å². The van der Waals surface area contributed by atoms with E-state index in [-0.39, 0.29) is 16.7 Å². The van der Waals surface area contributed by atoms with E-state index >= 15 is 0 Å². The van der Waals surface area contributed by atoms with E-state index < -0.39 is 0 Å². The van der Waals surface area contributed by atoms with Gasteiger partial charge < -0.3 is 5.32 Å². The molecule has 0 radical (unpaired) electrons. The van der Waals surface area contributed by atoms with Gasteiger partial charge in [-0.15, -0.1) is 0 Å². The average Bonchev–Trinajstić information content (AvgIpc) is 2.97. The second kappa shape index (κ2) is 3.86. The summed E-state index contributed by atoms with van der Waals surface area (Å²) in [7, 11) is 0. The SMILES string of the molecule is CC1(C(=O)Nc2ccc(C(C)(C)C)cc2)CC1. The molecule has 0 aliphatic heterocycles. The molecule has 17 heavy (non-hydrogen) atoms. The minimum absolute atomic E-state index is 0.108. The van der Waals surface area contributed by atoms with Crippen LogP contribution < -0.4 is 5.32 Å². The van der Waals surface area contributed by atoms with Crippen molar-refractivity contribution in [3.05, 3.63) is 29.8 Å². The topological polar surface area (TPSA) is 29.1 Å². The summed E-state index contributed by atoms with van der Waals surface area (Å²) >= 11 is 0. The smallest absolute Gasteiger partial charge is 0.230 e. The molecule has 0 atom stereocenters. The van der Waals surface area contributed by atoms with Crippen LogP contribution >= 0.6 is 0 Å². The molecule has 1 fully saturated rings. The third-order valence-corrected chi connectivity index (χ3v) is 3.56. The lowest BCUT2D eigenvalue weighted by atomic mass is 9.87. The van der Waals surface area contributed by atoms with Crippen molar-refractivity contribution in [2.45, 2.75) is 46.0 Å². The molecule has 1 aromatic carbocycles. The maximum absolute atomic E-state index is 11.9. The van der Waals surface area contributed by atoms with Crippen LogP contribution in [0, 0.1) is 5.41 Å². The summed E-state index contributed by atoms with van der Waals surface area (Å²) in [4.78, 5) is 11.9. The maximum atomic E-state index is 11.9. The Morgan fingerprint density at radius 2 is 1.71 bits per heavy atom. The maximum Gasteiger partial charge on any atom is 0.230 e. The molecule has 0 saturated heterocycles. The summed E-state index contributed by atoms with van der Waals surface area (Å²) in [5.74, 6) is 0.154. The van der Waals surface area contributed by atoms with E-state index in [0.717, 1.165) is 18.5 Å². The van der Waals surface area contributed by atoms with Crippen LogP contribution in [0.2, 0.25) is 0 Å². The molecule has 1 aromatic rings. The minimum atomic E-state index is -0.108. The Bertz CT molecular complexity index is 421. The van der Waals surface area contributed by atoms with Crippen LogP contribution in [0.25, 0.3) is 0 Å². The van der Waals surface area contributed by atoms with Gasteiger partial charge in [0.1, 0.15) is 0 Å². The van der Waals surface area contributed by atoms with Gasteiger partial charge in [0.2, 0.25) is 5.91 Å². The Kier molecular flexibility index (Phi) is 2.76. The van der Waals surface area contributed by atoms with Gasteiger partial charge in [-0.1, -0.05) is 39.8 Å². The highest BCUT2D eigenvalue weighted by molar-refractivity contribution is 5.96. The van der Waals surface area contributed by atoms with E-state index in [4.69, 9.17) is 0 Å². The van der Waals surface area contributed by atoms with Gasteiger partial charge in [-0.2, -0.15) is 0 Å². The lowest BCUT2D eigenvalue weighted by Crippen LogP contribution is -2.21. The monoisotopic (exact) mass is 231 g/mol. The second-order valence-corrected chi connectivity index (χ2v) is 6.34. The van der Waals surface area contributed by atoms with Gasteiger partial charge in [0.15, 0.2) is 0 Å². The first-order chi connectivity index (χ1) is 7.81. The number of benzene rings is 1. The zero-order valence-corrected chi connectivity index (χ0v) is 11.1. The van der Waals surface area contributed by atoms with Crippen molar-refractivity contribution >= 4 is 11.6 Å². The molecule has 1 aliphatic carbocycles. The lowest BCUT2D eigenvalue weighted by Gasteiger charge is -2.19. The molecule has 1 aliphatic rings. The van der Waals surface area contributed by atoms with Crippen molar-refractivity contribution in [2.24, 2.45) is 5.41 Å². The number of carbonyl (C=O) groups excluding carboxylic acids is 1. The van der Waals surface area contributed by atoms with E-state index in [1.165, 1.54) is 5.56 Å². The van der Waals surface area contributed by atoms with E-state index in [1.807, 2.05) is 19.1 Å². The Morgan fingerprint density at radius 1 is 1.18 bits per heavy atom. The van der Waals surface area contributed by atoms with Crippen LogP contribution in [0.5, 0.6) is 0 Å². The molecule has 92 valence electrons. The van der Waals surface area contributed by atoms with Crippen molar-refractivity contribution in [3.8, 4) is 0 Å². The summed E-state index contributed by atoms with van der Waals surface area (Å²) in [5.41, 5.74) is 2.23. The van der Waals surface area contributed by atoms with E-state index in [0.29, 0.717) is 0 Å². The Morgan fingerprint density at radius 3 is 2.12 bits per heavy atom. The molecule has 2 nitrogen and oxygen atoms in total. The van der Waals surface area contributed by atoms with Crippen molar-refractivity contribution in [2.75, 3.05) is 5.32 Å². The van der Waals surface area contributed by atoms with E-state index in [2.05, 4.69) is 38.2 Å². The predicted octanol–water partition coefficient (Wildman–Crippen LogP) is 3.72. The van der Waals surface area contributed by atoms with Crippen molar-refractivity contribution in [3.63, 3.8) is 0 Å². The van der Waals surface area contributed by atoms with Gasteiger partial charge in [0, 0.05) is 11.1 Å². The number of rotatable bonds is 2. The summed E-state index contributed by atoms with van der Waals surface area (Å²) in [5, 5.41) is 2.98. The number of nitrogens with one attached hydrogen (secondary N) is 1.